The molecule has 4 nitrogen and oxygen atoms in total. The van der Waals surface area contributed by atoms with Gasteiger partial charge in [-0.05, 0) is 85.0 Å². The maximum Gasteiger partial charge on any atom is 0.167 e. The Morgan fingerprint density at radius 3 is 1.42 bits per heavy atom. The first kappa shape index (κ1) is 34.6. The summed E-state index contributed by atoms with van der Waals surface area (Å²) in [6.45, 7) is 0. The molecule has 2 aromatic heterocycles. The molecule has 11 aromatic rings. The normalized spacial score (nSPS) is 13.0. The Morgan fingerprint density at radius 2 is 0.742 bits per heavy atom. The van der Waals surface area contributed by atoms with E-state index in [1.165, 1.54) is 55.6 Å². The Labute approximate surface area is 358 Å². The topological polar surface area (TPSA) is 51.8 Å². The number of fused-ring (bicyclic) bond motifs is 15. The zero-order chi connectivity index (χ0) is 40.8. The van der Waals surface area contributed by atoms with E-state index < -0.39 is 5.41 Å². The zero-order valence-electron chi connectivity index (χ0n) is 33.5. The van der Waals surface area contributed by atoms with Crippen LogP contribution in [0.2, 0.25) is 0 Å². The van der Waals surface area contributed by atoms with Crippen LogP contribution >= 0.6 is 0 Å². The van der Waals surface area contributed by atoms with Gasteiger partial charge in [0.2, 0.25) is 0 Å². The molecule has 2 heterocycles. The van der Waals surface area contributed by atoms with Gasteiger partial charge in [-0.25, -0.2) is 15.0 Å². The van der Waals surface area contributed by atoms with E-state index in [9.17, 15) is 0 Å². The maximum atomic E-state index is 6.58. The third kappa shape index (κ3) is 4.98. The minimum atomic E-state index is -0.625. The molecule has 1 spiro atoms. The number of hydrogen-bond acceptors (Lipinski definition) is 4. The van der Waals surface area contributed by atoms with E-state index in [-0.39, 0.29) is 0 Å². The second-order valence-corrected chi connectivity index (χ2v) is 16.2. The lowest BCUT2D eigenvalue weighted by molar-refractivity contribution is 0.669. The fourth-order valence-corrected chi connectivity index (χ4v) is 10.3. The summed E-state index contributed by atoms with van der Waals surface area (Å²) in [5.41, 5.74) is 18.2. The van der Waals surface area contributed by atoms with Gasteiger partial charge >= 0.3 is 0 Å². The van der Waals surface area contributed by atoms with Gasteiger partial charge < -0.3 is 4.42 Å². The molecule has 9 aromatic carbocycles. The predicted molar refractivity (Wildman–Crippen MR) is 251 cm³/mol. The van der Waals surface area contributed by atoms with Crippen LogP contribution in [0.15, 0.2) is 217 Å². The summed E-state index contributed by atoms with van der Waals surface area (Å²) in [7, 11) is 0. The lowest BCUT2D eigenvalue weighted by atomic mass is 9.65. The molecule has 0 radical (unpaired) electrons. The number of hydrogen-bond donors (Lipinski definition) is 0. The molecule has 0 atom stereocenters. The second-order valence-electron chi connectivity index (χ2n) is 16.2. The van der Waals surface area contributed by atoms with Gasteiger partial charge in [0.25, 0.3) is 0 Å². The lowest BCUT2D eigenvalue weighted by Crippen LogP contribution is -2.29. The van der Waals surface area contributed by atoms with Crippen molar-refractivity contribution in [2.45, 2.75) is 5.41 Å². The van der Waals surface area contributed by atoms with Crippen LogP contribution in [0.4, 0.5) is 0 Å². The Morgan fingerprint density at radius 1 is 0.290 bits per heavy atom. The Hall–Kier alpha value is -8.21. The highest BCUT2D eigenvalue weighted by atomic mass is 16.3. The van der Waals surface area contributed by atoms with Gasteiger partial charge in [0.15, 0.2) is 17.5 Å². The molecule has 2 aliphatic rings. The molecular formula is C58H35N3O. The molecule has 0 amide bonds. The van der Waals surface area contributed by atoms with Crippen molar-refractivity contribution in [3.8, 4) is 78.7 Å². The van der Waals surface area contributed by atoms with Gasteiger partial charge in [-0.3, -0.25) is 0 Å². The van der Waals surface area contributed by atoms with Crippen LogP contribution in [-0.4, -0.2) is 15.0 Å². The first-order chi connectivity index (χ1) is 30.7. The van der Waals surface area contributed by atoms with Crippen LogP contribution in [0.3, 0.4) is 0 Å². The van der Waals surface area contributed by atoms with E-state index >= 15 is 0 Å². The molecule has 62 heavy (non-hydrogen) atoms. The summed E-state index contributed by atoms with van der Waals surface area (Å²) in [6.07, 6.45) is 0. The summed E-state index contributed by atoms with van der Waals surface area (Å²) in [6, 6.07) is 75.9. The Kier molecular flexibility index (Phi) is 7.49. The highest BCUT2D eigenvalue weighted by molar-refractivity contribution is 6.09. The van der Waals surface area contributed by atoms with Crippen molar-refractivity contribution in [3.05, 3.63) is 235 Å². The Balaban J connectivity index is 1.09. The molecule has 13 rings (SSSR count). The Bertz CT molecular complexity index is 3540. The van der Waals surface area contributed by atoms with E-state index in [0.29, 0.717) is 17.5 Å². The van der Waals surface area contributed by atoms with Crippen LogP contribution in [-0.2, 0) is 5.41 Å². The molecule has 0 saturated heterocycles. The van der Waals surface area contributed by atoms with E-state index in [2.05, 4.69) is 188 Å². The fraction of sp³-hybridized carbons (Fsp3) is 0.0172. The molecule has 0 fully saturated rings. The lowest BCUT2D eigenvalue weighted by Gasteiger charge is -2.35. The largest absolute Gasteiger partial charge is 0.455 e. The quantitative estimate of drug-likeness (QED) is 0.178. The van der Waals surface area contributed by atoms with Gasteiger partial charge in [0, 0.05) is 21.9 Å². The summed E-state index contributed by atoms with van der Waals surface area (Å²) >= 11 is 0. The minimum absolute atomic E-state index is 0.554. The summed E-state index contributed by atoms with van der Waals surface area (Å²) in [5, 5.41) is 2.08. The number of nitrogens with zero attached hydrogens (tertiary/aromatic N) is 3. The van der Waals surface area contributed by atoms with Crippen LogP contribution in [0.1, 0.15) is 22.3 Å². The molecular weight excluding hydrogens is 755 g/mol. The third-order valence-electron chi connectivity index (χ3n) is 13.0. The first-order valence-electron chi connectivity index (χ1n) is 21.1. The van der Waals surface area contributed by atoms with Crippen molar-refractivity contribution in [1.82, 2.24) is 15.0 Å². The van der Waals surface area contributed by atoms with Crippen molar-refractivity contribution >= 4 is 21.9 Å². The standard InChI is InChI=1S/C58H35N3O/c1-2-15-36(16-3-1)37-29-31-38(32-30-37)55-59-56(61-57(60-55)48-24-14-23-47-46-22-9-13-28-53(46)62-54(47)48)39-33-34-45-41-18-5-4-17-40(41)42-19-6-10-25-49(42)58(52(45)35-39)50-26-11-7-20-43(50)44-21-8-12-27-51(44)58/h1-35H. The van der Waals surface area contributed by atoms with Crippen LogP contribution in [0.5, 0.6) is 0 Å². The number of aromatic nitrogens is 3. The van der Waals surface area contributed by atoms with Gasteiger partial charge in [0.1, 0.15) is 11.2 Å². The maximum absolute atomic E-state index is 6.58. The number of para-hydroxylation sites is 2. The fourth-order valence-electron chi connectivity index (χ4n) is 10.3. The molecule has 4 heteroatoms. The molecule has 0 saturated carbocycles. The molecule has 0 aliphatic heterocycles. The summed E-state index contributed by atoms with van der Waals surface area (Å²) in [4.78, 5) is 15.9. The number of furan rings is 1. The molecule has 0 bridgehead atoms. The minimum Gasteiger partial charge on any atom is -0.455 e. The van der Waals surface area contributed by atoms with Crippen LogP contribution in [0, 0.1) is 0 Å². The predicted octanol–water partition coefficient (Wildman–Crippen LogP) is 14.4. The van der Waals surface area contributed by atoms with Crippen molar-refractivity contribution < 1.29 is 4.42 Å². The van der Waals surface area contributed by atoms with Crippen molar-refractivity contribution in [2.24, 2.45) is 0 Å². The van der Waals surface area contributed by atoms with E-state index in [0.717, 1.165) is 49.8 Å². The highest BCUT2D eigenvalue weighted by Crippen LogP contribution is 2.61. The van der Waals surface area contributed by atoms with E-state index in [4.69, 9.17) is 19.4 Å². The van der Waals surface area contributed by atoms with Crippen LogP contribution in [0.25, 0.3) is 101 Å². The van der Waals surface area contributed by atoms with E-state index in [1.807, 2.05) is 24.3 Å². The first-order valence-corrected chi connectivity index (χ1v) is 21.1. The second kappa shape index (κ2) is 13.4. The molecule has 0 N–H and O–H groups in total. The molecule has 288 valence electrons. The average Bonchev–Trinajstić information content (AvgIpc) is 3.85. The van der Waals surface area contributed by atoms with Crippen molar-refractivity contribution in [2.75, 3.05) is 0 Å². The van der Waals surface area contributed by atoms with Gasteiger partial charge in [-0.2, -0.15) is 0 Å². The van der Waals surface area contributed by atoms with Crippen molar-refractivity contribution in [1.29, 1.82) is 0 Å². The third-order valence-corrected chi connectivity index (χ3v) is 13.0. The summed E-state index contributed by atoms with van der Waals surface area (Å²) < 4.78 is 6.58. The average molecular weight is 790 g/mol. The van der Waals surface area contributed by atoms with Crippen molar-refractivity contribution in [3.63, 3.8) is 0 Å². The van der Waals surface area contributed by atoms with Gasteiger partial charge in [0.05, 0.1) is 11.0 Å². The zero-order valence-corrected chi connectivity index (χ0v) is 33.5. The smallest absolute Gasteiger partial charge is 0.167 e. The van der Waals surface area contributed by atoms with Gasteiger partial charge in [-0.15, -0.1) is 0 Å². The van der Waals surface area contributed by atoms with Gasteiger partial charge in [-0.1, -0.05) is 194 Å². The molecule has 2 aliphatic carbocycles. The number of rotatable bonds is 4. The van der Waals surface area contributed by atoms with E-state index in [1.54, 1.807) is 0 Å². The van der Waals surface area contributed by atoms with Crippen LogP contribution < -0.4 is 0 Å². The SMILES string of the molecule is c1ccc(-c2ccc(-c3nc(-c4ccc5c(c4)C4(c6ccccc6-c6ccccc6-5)c5ccccc5-c5ccccc54)nc(-c4cccc5c4oc4ccccc45)n3)cc2)cc1. The summed E-state index contributed by atoms with van der Waals surface area (Å²) in [5.74, 6) is 1.74. The highest BCUT2D eigenvalue weighted by Gasteiger charge is 2.49. The number of benzene rings is 9. The molecule has 0 unspecified atom stereocenters. The monoisotopic (exact) mass is 789 g/mol.